The standard InChI is InChI=1S/C23H19FN4O5S/c1-34(32,33)19-11-16(10-18(12-19)28(30)31)23(29)26-21(15-6-8-17(24)9-7-15)13-27-14-25-20-4-2-3-5-22(20)27/h2-12,14,21H,13H2,1H3,(H,26,29). The van der Waals surface area contributed by atoms with Gasteiger partial charge in [-0.25, -0.2) is 17.8 Å². The number of aromatic nitrogens is 2. The highest BCUT2D eigenvalue weighted by molar-refractivity contribution is 7.90. The molecule has 0 aliphatic heterocycles. The normalized spacial score (nSPS) is 12.4. The van der Waals surface area contributed by atoms with E-state index in [1.807, 2.05) is 28.8 Å². The molecular formula is C23H19FN4O5S. The minimum atomic E-state index is -3.80. The Morgan fingerprint density at radius 1 is 1.15 bits per heavy atom. The fourth-order valence-corrected chi connectivity index (χ4v) is 4.23. The summed E-state index contributed by atoms with van der Waals surface area (Å²) in [7, 11) is -3.80. The first-order valence-electron chi connectivity index (χ1n) is 10.1. The number of nitrogens with one attached hydrogen (secondary N) is 1. The minimum absolute atomic E-state index is 0.183. The van der Waals surface area contributed by atoms with Crippen molar-refractivity contribution in [1.82, 2.24) is 14.9 Å². The molecule has 0 bridgehead atoms. The second-order valence-electron chi connectivity index (χ2n) is 7.71. The first-order chi connectivity index (χ1) is 16.1. The fraction of sp³-hybridized carbons (Fsp3) is 0.130. The fourth-order valence-electron chi connectivity index (χ4n) is 3.56. The van der Waals surface area contributed by atoms with Crippen LogP contribution in [0.2, 0.25) is 0 Å². The number of amides is 1. The van der Waals surface area contributed by atoms with Crippen LogP contribution < -0.4 is 5.32 Å². The lowest BCUT2D eigenvalue weighted by Gasteiger charge is -2.20. The quantitative estimate of drug-likeness (QED) is 0.317. The molecule has 0 spiro atoms. The molecule has 0 saturated carbocycles. The van der Waals surface area contributed by atoms with Crippen molar-refractivity contribution in [3.63, 3.8) is 0 Å². The molecule has 0 radical (unpaired) electrons. The lowest BCUT2D eigenvalue weighted by molar-refractivity contribution is -0.385. The summed E-state index contributed by atoms with van der Waals surface area (Å²) in [5.74, 6) is -1.16. The number of halogens is 1. The van der Waals surface area contributed by atoms with Gasteiger partial charge in [0.15, 0.2) is 9.84 Å². The highest BCUT2D eigenvalue weighted by atomic mass is 32.2. The van der Waals surface area contributed by atoms with Crippen LogP contribution in [0.15, 0.2) is 78.0 Å². The molecule has 0 saturated heterocycles. The monoisotopic (exact) mass is 482 g/mol. The molecule has 11 heteroatoms. The largest absolute Gasteiger partial charge is 0.343 e. The Morgan fingerprint density at radius 2 is 1.85 bits per heavy atom. The minimum Gasteiger partial charge on any atom is -0.343 e. The number of sulfone groups is 1. The number of carbonyl (C=O) groups is 1. The second-order valence-corrected chi connectivity index (χ2v) is 9.72. The van der Waals surface area contributed by atoms with E-state index < -0.39 is 38.2 Å². The molecule has 1 aromatic heterocycles. The third-order valence-corrected chi connectivity index (χ3v) is 6.37. The highest BCUT2D eigenvalue weighted by Gasteiger charge is 2.22. The second kappa shape index (κ2) is 9.02. The van der Waals surface area contributed by atoms with Crippen LogP contribution in [-0.4, -0.2) is 35.1 Å². The van der Waals surface area contributed by atoms with Gasteiger partial charge < -0.3 is 9.88 Å². The van der Waals surface area contributed by atoms with Crippen LogP contribution in [0.3, 0.4) is 0 Å². The molecule has 174 valence electrons. The van der Waals surface area contributed by atoms with Crippen molar-refractivity contribution in [2.45, 2.75) is 17.5 Å². The van der Waals surface area contributed by atoms with Gasteiger partial charge in [-0.2, -0.15) is 0 Å². The predicted molar refractivity (Wildman–Crippen MR) is 123 cm³/mol. The number of hydrogen-bond donors (Lipinski definition) is 1. The van der Waals surface area contributed by atoms with Crippen LogP contribution in [-0.2, 0) is 16.4 Å². The number of carbonyl (C=O) groups excluding carboxylic acids is 1. The molecule has 0 aliphatic rings. The number of non-ortho nitro benzene ring substituents is 1. The lowest BCUT2D eigenvalue weighted by Crippen LogP contribution is -2.31. The molecule has 1 N–H and O–H groups in total. The molecule has 9 nitrogen and oxygen atoms in total. The summed E-state index contributed by atoms with van der Waals surface area (Å²) in [6, 6.07) is 15.3. The van der Waals surface area contributed by atoms with Gasteiger partial charge in [-0.15, -0.1) is 0 Å². The van der Waals surface area contributed by atoms with Crippen LogP contribution in [0, 0.1) is 15.9 Å². The van der Waals surface area contributed by atoms with Gasteiger partial charge in [-0.3, -0.25) is 14.9 Å². The molecule has 1 atom stereocenters. The van der Waals surface area contributed by atoms with Crippen LogP contribution in [0.1, 0.15) is 22.0 Å². The topological polar surface area (TPSA) is 124 Å². The molecule has 34 heavy (non-hydrogen) atoms. The van der Waals surface area contributed by atoms with Gasteiger partial charge in [-0.1, -0.05) is 24.3 Å². The highest BCUT2D eigenvalue weighted by Crippen LogP contribution is 2.24. The summed E-state index contributed by atoms with van der Waals surface area (Å²) in [5.41, 5.74) is 1.45. The van der Waals surface area contributed by atoms with E-state index >= 15 is 0 Å². The van der Waals surface area contributed by atoms with Gasteiger partial charge >= 0.3 is 0 Å². The first-order valence-corrected chi connectivity index (χ1v) is 12.0. The van der Waals surface area contributed by atoms with Gasteiger partial charge in [0.05, 0.1) is 33.2 Å². The number of nitro groups is 1. The molecule has 1 heterocycles. The molecule has 0 aliphatic carbocycles. The van der Waals surface area contributed by atoms with Crippen LogP contribution in [0.4, 0.5) is 10.1 Å². The summed E-state index contributed by atoms with van der Waals surface area (Å²) in [4.78, 5) is 27.6. The number of imidazole rings is 1. The van der Waals surface area contributed by atoms with Crippen molar-refractivity contribution in [2.24, 2.45) is 0 Å². The van der Waals surface area contributed by atoms with E-state index in [0.29, 0.717) is 5.56 Å². The number of benzene rings is 3. The van der Waals surface area contributed by atoms with Crippen molar-refractivity contribution < 1.29 is 22.5 Å². The first kappa shape index (κ1) is 23.1. The average Bonchev–Trinajstić information content (AvgIpc) is 3.21. The third-order valence-electron chi connectivity index (χ3n) is 5.28. The van der Waals surface area contributed by atoms with Gasteiger partial charge in [0.25, 0.3) is 11.6 Å². The van der Waals surface area contributed by atoms with Crippen LogP contribution >= 0.6 is 0 Å². The third kappa shape index (κ3) is 4.94. The Labute approximate surface area is 193 Å². The van der Waals surface area contributed by atoms with E-state index in [1.54, 1.807) is 6.33 Å². The van der Waals surface area contributed by atoms with Crippen LogP contribution in [0.5, 0.6) is 0 Å². The van der Waals surface area contributed by atoms with Gasteiger partial charge in [0.1, 0.15) is 5.82 Å². The Kier molecular flexibility index (Phi) is 6.12. The molecule has 3 aromatic carbocycles. The summed E-state index contributed by atoms with van der Waals surface area (Å²) >= 11 is 0. The molecule has 1 amide bonds. The maximum Gasteiger partial charge on any atom is 0.271 e. The maximum absolute atomic E-state index is 13.5. The average molecular weight is 482 g/mol. The maximum atomic E-state index is 13.5. The Bertz CT molecular complexity index is 1500. The van der Waals surface area contributed by atoms with E-state index in [2.05, 4.69) is 10.3 Å². The molecule has 1 unspecified atom stereocenters. The van der Waals surface area contributed by atoms with Gasteiger partial charge in [0.2, 0.25) is 0 Å². The summed E-state index contributed by atoms with van der Waals surface area (Å²) in [6.45, 7) is 0.228. The zero-order valence-electron chi connectivity index (χ0n) is 17.9. The summed E-state index contributed by atoms with van der Waals surface area (Å²) in [5, 5.41) is 14.1. The lowest BCUT2D eigenvalue weighted by atomic mass is 10.1. The molecule has 0 fully saturated rings. The Hall–Kier alpha value is -4.12. The summed E-state index contributed by atoms with van der Waals surface area (Å²) in [6.07, 6.45) is 2.52. The van der Waals surface area contributed by atoms with Crippen molar-refractivity contribution in [2.75, 3.05) is 6.26 Å². The summed E-state index contributed by atoms with van der Waals surface area (Å²) < 4.78 is 39.3. The Morgan fingerprint density at radius 3 is 2.53 bits per heavy atom. The van der Waals surface area contributed by atoms with Crippen molar-refractivity contribution in [1.29, 1.82) is 0 Å². The van der Waals surface area contributed by atoms with Crippen molar-refractivity contribution in [3.8, 4) is 0 Å². The zero-order chi connectivity index (χ0) is 24.5. The number of hydrogen-bond acceptors (Lipinski definition) is 6. The number of nitrogens with zero attached hydrogens (tertiary/aromatic N) is 3. The molecule has 4 aromatic rings. The SMILES string of the molecule is CS(=O)(=O)c1cc(C(=O)NC(Cn2cnc3ccccc32)c2ccc(F)cc2)cc([N+](=O)[O-])c1. The van der Waals surface area contributed by atoms with E-state index in [0.717, 1.165) is 35.5 Å². The number of rotatable bonds is 7. The number of nitro benzene ring substituents is 1. The van der Waals surface area contributed by atoms with E-state index in [1.165, 1.54) is 24.3 Å². The van der Waals surface area contributed by atoms with E-state index in [-0.39, 0.29) is 17.0 Å². The number of para-hydroxylation sites is 2. The molecule has 4 rings (SSSR count). The van der Waals surface area contributed by atoms with Crippen molar-refractivity contribution in [3.05, 3.63) is 100 Å². The zero-order valence-corrected chi connectivity index (χ0v) is 18.7. The molecular weight excluding hydrogens is 463 g/mol. The van der Waals surface area contributed by atoms with Crippen LogP contribution in [0.25, 0.3) is 11.0 Å². The van der Waals surface area contributed by atoms with Gasteiger partial charge in [0, 0.05) is 30.5 Å². The number of fused-ring (bicyclic) bond motifs is 1. The smallest absolute Gasteiger partial charge is 0.271 e. The van der Waals surface area contributed by atoms with E-state index in [9.17, 15) is 27.7 Å². The van der Waals surface area contributed by atoms with Gasteiger partial charge in [-0.05, 0) is 35.9 Å². The van der Waals surface area contributed by atoms with Crippen molar-refractivity contribution >= 4 is 32.5 Å². The van der Waals surface area contributed by atoms with E-state index in [4.69, 9.17) is 0 Å². The Balaban J connectivity index is 1.72. The predicted octanol–water partition coefficient (Wildman–Crippen LogP) is 3.66.